The Hall–Kier alpha value is -5.60. The van der Waals surface area contributed by atoms with Gasteiger partial charge in [-0.25, -0.2) is 0 Å². The lowest BCUT2D eigenvalue weighted by atomic mass is 9.77. The molecule has 18 N–H and O–H groups in total. The molecule has 2 aliphatic carbocycles. The number of ether oxygens (including phenoxy) is 8. The molecule has 22 nitrogen and oxygen atoms in total. The van der Waals surface area contributed by atoms with Crippen molar-refractivity contribution in [3.8, 4) is 46.0 Å². The number of methoxy groups -OCH3 is 8. The summed E-state index contributed by atoms with van der Waals surface area (Å²) in [5, 5.41) is 0. The van der Waals surface area contributed by atoms with Crippen LogP contribution in [0, 0.1) is 0 Å². The lowest BCUT2D eigenvalue weighted by Gasteiger charge is -2.32. The highest BCUT2D eigenvalue weighted by atomic mass is 35.5. The fourth-order valence-electron chi connectivity index (χ4n) is 10.5. The van der Waals surface area contributed by atoms with E-state index in [1.54, 1.807) is 56.9 Å². The molecule has 0 saturated heterocycles. The maximum atomic E-state index is 12.9. The molecule has 0 aromatic heterocycles. The first-order valence-corrected chi connectivity index (χ1v) is 24.1. The first kappa shape index (κ1) is 78.9. The molecule has 0 spiro atoms. The van der Waals surface area contributed by atoms with Crippen molar-refractivity contribution in [3.63, 3.8) is 0 Å². The van der Waals surface area contributed by atoms with E-state index < -0.39 is 0 Å². The third-order valence-electron chi connectivity index (χ3n) is 14.5. The molecule has 24 heteroatoms. The van der Waals surface area contributed by atoms with Crippen molar-refractivity contribution < 1.29 is 126 Å². The summed E-state index contributed by atoms with van der Waals surface area (Å²) in [5.41, 5.74) is 9.91. The van der Waals surface area contributed by atoms with Crippen molar-refractivity contribution in [2.45, 2.75) is 63.2 Å². The number of benzene rings is 4. The van der Waals surface area contributed by atoms with Gasteiger partial charge in [0.2, 0.25) is 11.8 Å². The van der Waals surface area contributed by atoms with Crippen LogP contribution in [0.3, 0.4) is 0 Å². The Morgan fingerprint density at radius 3 is 0.949 bits per heavy atom. The fourth-order valence-corrected chi connectivity index (χ4v) is 10.5. The van der Waals surface area contributed by atoms with Gasteiger partial charge in [0.05, 0.1) is 110 Å². The second-order valence-corrected chi connectivity index (χ2v) is 18.7. The maximum absolute atomic E-state index is 12.9. The van der Waals surface area contributed by atoms with Gasteiger partial charge in [-0.2, -0.15) is 0 Å². The van der Waals surface area contributed by atoms with Gasteiger partial charge in [0, 0.05) is 50.9 Å². The van der Waals surface area contributed by atoms with Crippen molar-refractivity contribution in [2.24, 2.45) is 0 Å². The molecule has 4 aromatic carbocycles. The summed E-state index contributed by atoms with van der Waals surface area (Å²) in [6.45, 7) is 7.34. The van der Waals surface area contributed by atoms with Crippen molar-refractivity contribution >= 4 is 11.8 Å². The van der Waals surface area contributed by atoms with E-state index in [0.717, 1.165) is 137 Å². The number of fused-ring (bicyclic) bond motifs is 4. The van der Waals surface area contributed by atoms with Gasteiger partial charge >= 0.3 is 0 Å². The molecule has 0 radical (unpaired) electrons. The SMILES string of the molecule is COc1cc2c(cc1OC)CC(=O)N(CCC[NH+](C)C[C@H]1Cc3cc(OC)c(OC)cc31)CC2.COc1cc2c(cc1OC)CC(=O)N(CCC[NH+](C)C[C@H]1Cc3cc(OC)c(OC)cc31)CC2.O.O.O.O.O.O.O.O.[Cl-].[Cl-]. The highest BCUT2D eigenvalue weighted by Crippen LogP contribution is 2.43. The molecule has 0 bridgehead atoms. The molecule has 2 unspecified atom stereocenters. The molecule has 78 heavy (non-hydrogen) atoms. The number of nitrogens with one attached hydrogen (secondary N) is 2. The molecule has 0 fully saturated rings. The first-order chi connectivity index (χ1) is 32.9. The van der Waals surface area contributed by atoms with Gasteiger partial charge in [0.25, 0.3) is 0 Å². The van der Waals surface area contributed by atoms with Crippen LogP contribution >= 0.6 is 0 Å². The number of halogens is 2. The third kappa shape index (κ3) is 18.2. The van der Waals surface area contributed by atoms with Gasteiger partial charge in [-0.3, -0.25) is 9.59 Å². The van der Waals surface area contributed by atoms with E-state index in [2.05, 4.69) is 38.4 Å². The quantitative estimate of drug-likeness (QED) is 0.0842. The minimum atomic E-state index is 0. The normalized spacial score (nSPS) is 15.5. The molecule has 4 aliphatic rings. The topological polar surface area (TPSA) is 375 Å². The largest absolute Gasteiger partial charge is 1.00 e. The zero-order chi connectivity index (χ0) is 48.5. The van der Waals surface area contributed by atoms with Crippen molar-refractivity contribution in [1.82, 2.24) is 9.80 Å². The van der Waals surface area contributed by atoms with E-state index in [-0.39, 0.29) is 80.4 Å². The van der Waals surface area contributed by atoms with Crippen LogP contribution in [0.25, 0.3) is 0 Å². The summed E-state index contributed by atoms with van der Waals surface area (Å²) >= 11 is 0. The molecule has 0 saturated carbocycles. The fraction of sp³-hybridized carbons (Fsp3) is 0.519. The molecule has 2 amide bonds. The van der Waals surface area contributed by atoms with Crippen LogP contribution in [0.5, 0.6) is 46.0 Å². The second kappa shape index (κ2) is 36.5. The summed E-state index contributed by atoms with van der Waals surface area (Å²) in [6, 6.07) is 16.4. The predicted octanol–water partition coefficient (Wildman–Crippen LogP) is -8.80. The van der Waals surface area contributed by atoms with Crippen molar-refractivity contribution in [1.29, 1.82) is 0 Å². The Morgan fingerprint density at radius 1 is 0.410 bits per heavy atom. The molecule has 8 rings (SSSR count). The minimum Gasteiger partial charge on any atom is -1.00 e. The van der Waals surface area contributed by atoms with E-state index in [4.69, 9.17) is 37.9 Å². The lowest BCUT2D eigenvalue weighted by molar-refractivity contribution is -0.881. The van der Waals surface area contributed by atoms with E-state index in [0.29, 0.717) is 36.2 Å². The summed E-state index contributed by atoms with van der Waals surface area (Å²) in [7, 11) is 17.8. The van der Waals surface area contributed by atoms with Gasteiger partial charge in [0.1, 0.15) is 0 Å². The number of hydrogen-bond acceptors (Lipinski definition) is 10. The van der Waals surface area contributed by atoms with Crippen LogP contribution in [0.2, 0.25) is 0 Å². The maximum Gasteiger partial charge on any atom is 0.227 e. The van der Waals surface area contributed by atoms with Crippen LogP contribution in [0.15, 0.2) is 48.5 Å². The highest BCUT2D eigenvalue weighted by Gasteiger charge is 2.33. The van der Waals surface area contributed by atoms with Gasteiger partial charge in [-0.15, -0.1) is 0 Å². The Labute approximate surface area is 471 Å². The molecule has 2 heterocycles. The number of rotatable bonds is 20. The molecule has 2 aliphatic heterocycles. The monoisotopic (exact) mass is 1150 g/mol. The van der Waals surface area contributed by atoms with E-state index >= 15 is 0 Å². The van der Waals surface area contributed by atoms with Crippen molar-refractivity contribution in [3.05, 3.63) is 93.0 Å². The number of likely N-dealkylation sites (N-methyl/N-ethyl adjacent to an activating group) is 2. The average Bonchev–Trinajstić information content (AvgIpc) is 3.59. The Kier molecular flexibility index (Phi) is 37.0. The molecular formula is C54H90Cl2N4O18. The summed E-state index contributed by atoms with van der Waals surface area (Å²) in [4.78, 5) is 32.8. The van der Waals surface area contributed by atoms with Crippen LogP contribution in [0.4, 0.5) is 0 Å². The molecule has 448 valence electrons. The predicted molar refractivity (Wildman–Crippen MR) is 290 cm³/mol. The number of nitrogens with zero attached hydrogens (tertiary/aromatic N) is 2. The zero-order valence-corrected chi connectivity index (χ0v) is 48.3. The van der Waals surface area contributed by atoms with Gasteiger partial charge < -0.3 is 126 Å². The first-order valence-electron chi connectivity index (χ1n) is 24.1. The number of quaternary nitrogens is 2. The summed E-state index contributed by atoms with van der Waals surface area (Å²) in [5.74, 6) is 7.52. The van der Waals surface area contributed by atoms with Crippen LogP contribution in [-0.2, 0) is 48.1 Å². The molecular weight excluding hydrogens is 1060 g/mol. The number of carbonyl (C=O) groups excluding carboxylic acids is 2. The Balaban J connectivity index is -0.000000622. The van der Waals surface area contributed by atoms with Crippen LogP contribution < -0.4 is 72.5 Å². The van der Waals surface area contributed by atoms with Gasteiger partial charge in [-0.05, 0) is 119 Å². The average molecular weight is 1150 g/mol. The lowest BCUT2D eigenvalue weighted by Crippen LogP contribution is -3.09. The highest BCUT2D eigenvalue weighted by molar-refractivity contribution is 5.81. The van der Waals surface area contributed by atoms with E-state index in [1.807, 2.05) is 34.1 Å². The number of amides is 2. The molecule has 4 aromatic rings. The van der Waals surface area contributed by atoms with E-state index in [9.17, 15) is 9.59 Å². The van der Waals surface area contributed by atoms with Crippen LogP contribution in [0.1, 0.15) is 69.2 Å². The summed E-state index contributed by atoms with van der Waals surface area (Å²) < 4.78 is 43.5. The van der Waals surface area contributed by atoms with Crippen LogP contribution in [-0.4, -0.2) is 189 Å². The Bertz CT molecular complexity index is 2270. The van der Waals surface area contributed by atoms with E-state index in [1.165, 1.54) is 43.2 Å². The standard InChI is InChI=1S/2C27H36N2O5.2ClH.8H2O/c2*1-28(17-21-11-20-14-25(33-4)26(34-5)16-22(20)21)8-6-9-29-10-7-18-12-23(31-2)24(32-3)13-19(18)15-27(29)30;;;;;;;;;;/h2*12-14,16,21H,6-11,15,17H2,1-5H3;2*1H;8*1H2/t2*21-;;;;;;;;;;/m11........../s1. The second-order valence-electron chi connectivity index (χ2n) is 18.7. The van der Waals surface area contributed by atoms with Gasteiger partial charge in [-0.1, -0.05) is 0 Å². The number of carbonyl (C=O) groups is 2. The minimum absolute atomic E-state index is 0. The molecule has 4 atom stereocenters. The third-order valence-corrected chi connectivity index (χ3v) is 14.5. The smallest absolute Gasteiger partial charge is 0.227 e. The van der Waals surface area contributed by atoms with Crippen molar-refractivity contribution in [2.75, 3.05) is 123 Å². The zero-order valence-electron chi connectivity index (χ0n) is 46.8. The van der Waals surface area contributed by atoms with Gasteiger partial charge in [0.15, 0.2) is 46.0 Å². The summed E-state index contributed by atoms with van der Waals surface area (Å²) in [6.07, 6.45) is 6.68. The Morgan fingerprint density at radius 2 is 0.667 bits per heavy atom. The number of hydrogen-bond donors (Lipinski definition) is 2.